The van der Waals surface area contributed by atoms with Crippen molar-refractivity contribution in [3.63, 3.8) is 0 Å². The molecule has 0 radical (unpaired) electrons. The minimum atomic E-state index is -4.16. The van der Waals surface area contributed by atoms with Crippen LogP contribution in [0.25, 0.3) is 0 Å². The largest absolute Gasteiger partial charge is 0.478 e. The molecule has 0 aromatic carbocycles. The van der Waals surface area contributed by atoms with Gasteiger partial charge in [0.15, 0.2) is 0 Å². The molecule has 0 aliphatic rings. The number of hydrogen-bond donors (Lipinski definition) is 2. The molecule has 8 heteroatoms. The van der Waals surface area contributed by atoms with Gasteiger partial charge in [-0.2, -0.15) is 8.42 Å². The Bertz CT molecular complexity index is 371. The Labute approximate surface area is 102 Å². The van der Waals surface area contributed by atoms with Crippen LogP contribution in [0.5, 0.6) is 0 Å². The van der Waals surface area contributed by atoms with Gasteiger partial charge in [0.05, 0.1) is 12.7 Å². The van der Waals surface area contributed by atoms with Crippen LogP contribution < -0.4 is 0 Å². The fourth-order valence-electron chi connectivity index (χ4n) is 0.832. The first-order valence-corrected chi connectivity index (χ1v) is 6.06. The highest BCUT2D eigenvalue weighted by Gasteiger charge is 2.09. The Kier molecular flexibility index (Phi) is 8.63. The summed E-state index contributed by atoms with van der Waals surface area (Å²) in [4.78, 5) is 12.4. The van der Waals surface area contributed by atoms with Crippen LogP contribution in [-0.2, 0) is 19.4 Å². The summed E-state index contributed by atoms with van der Waals surface area (Å²) >= 11 is 0. The molecule has 0 aliphatic heterocycles. The topological polar surface area (TPSA) is 104 Å². The third-order valence-corrected chi connectivity index (χ3v) is 2.35. The summed E-state index contributed by atoms with van der Waals surface area (Å²) < 4.78 is 29.7. The number of carboxylic acid groups (broad SMARTS) is 1. The van der Waals surface area contributed by atoms with E-state index >= 15 is 0 Å². The summed E-state index contributed by atoms with van der Waals surface area (Å²) in [6.07, 6.45) is 0.569. The van der Waals surface area contributed by atoms with Crippen LogP contribution in [0.1, 0.15) is 20.3 Å². The van der Waals surface area contributed by atoms with E-state index in [0.29, 0.717) is 12.0 Å². The molecule has 0 saturated carbocycles. The van der Waals surface area contributed by atoms with Crippen molar-refractivity contribution in [2.45, 2.75) is 20.3 Å². The average Bonchev–Trinajstić information content (AvgIpc) is 2.17. The summed E-state index contributed by atoms with van der Waals surface area (Å²) in [5, 5.41) is 8.71. The first kappa shape index (κ1) is 18.3. The van der Waals surface area contributed by atoms with E-state index < -0.39 is 16.4 Å². The molecular weight excluding hydrogens is 250 g/mol. The summed E-state index contributed by atoms with van der Waals surface area (Å²) in [6.45, 7) is 3.66. The average molecular weight is 269 g/mol. The first-order valence-electron chi connectivity index (χ1n) is 4.70. The molecule has 7 nitrogen and oxygen atoms in total. The van der Waals surface area contributed by atoms with Gasteiger partial charge in [-0.05, 0) is 13.3 Å². The van der Waals surface area contributed by atoms with Crippen LogP contribution in [0.2, 0.25) is 0 Å². The Morgan fingerprint density at radius 2 is 1.71 bits per heavy atom. The van der Waals surface area contributed by atoms with Crippen molar-refractivity contribution < 1.29 is 27.1 Å². The lowest BCUT2D eigenvalue weighted by atomic mass is 10.1. The van der Waals surface area contributed by atoms with Gasteiger partial charge in [0.1, 0.15) is 0 Å². The van der Waals surface area contributed by atoms with Gasteiger partial charge in [-0.15, -0.1) is 0 Å². The Hall–Kier alpha value is -1.12. The molecule has 0 saturated heterocycles. The second-order valence-corrected chi connectivity index (χ2v) is 4.40. The highest BCUT2D eigenvalue weighted by atomic mass is 32.3. The van der Waals surface area contributed by atoms with Crippen molar-refractivity contribution >= 4 is 16.4 Å². The number of hydrogen-bond acceptors (Lipinski definition) is 5. The third kappa shape index (κ3) is 9.79. The van der Waals surface area contributed by atoms with Gasteiger partial charge in [0.2, 0.25) is 0 Å². The number of allylic oxidation sites excluding steroid dienone is 1. The Morgan fingerprint density at radius 1 is 1.35 bits per heavy atom. The SMILES string of the molecule is CCC(C(=O)O)=C(C)N(C)C.COS(=O)(=O)O. The number of carboxylic acids is 1. The maximum absolute atomic E-state index is 10.6. The van der Waals surface area contributed by atoms with Gasteiger partial charge < -0.3 is 10.0 Å². The second-order valence-electron chi connectivity index (χ2n) is 3.21. The van der Waals surface area contributed by atoms with E-state index in [1.165, 1.54) is 0 Å². The number of nitrogens with zero attached hydrogens (tertiary/aromatic N) is 1. The van der Waals surface area contributed by atoms with Gasteiger partial charge in [0.25, 0.3) is 0 Å². The van der Waals surface area contributed by atoms with E-state index in [2.05, 4.69) is 4.18 Å². The zero-order chi connectivity index (χ0) is 14.2. The van der Waals surface area contributed by atoms with Crippen LogP contribution in [0.3, 0.4) is 0 Å². The maximum Gasteiger partial charge on any atom is 0.397 e. The maximum atomic E-state index is 10.6. The lowest BCUT2D eigenvalue weighted by Crippen LogP contribution is -2.14. The zero-order valence-corrected chi connectivity index (χ0v) is 11.4. The lowest BCUT2D eigenvalue weighted by molar-refractivity contribution is -0.132. The first-order chi connectivity index (χ1) is 7.56. The standard InChI is InChI=1S/C8H15NO2.CH4O4S/c1-5-7(8(10)11)6(2)9(3)4;1-5-6(2,3)4/h5H2,1-4H3,(H,10,11);1H3,(H,2,3,4). The molecule has 2 N–H and O–H groups in total. The Morgan fingerprint density at radius 3 is 1.76 bits per heavy atom. The van der Waals surface area contributed by atoms with Crippen molar-refractivity contribution in [1.29, 1.82) is 0 Å². The predicted molar refractivity (Wildman–Crippen MR) is 62.9 cm³/mol. The molecule has 0 fully saturated rings. The van der Waals surface area contributed by atoms with Crippen molar-refractivity contribution in [3.8, 4) is 0 Å². The number of rotatable bonds is 4. The molecule has 102 valence electrons. The monoisotopic (exact) mass is 269 g/mol. The van der Waals surface area contributed by atoms with E-state index in [1.807, 2.05) is 32.8 Å². The Balaban J connectivity index is 0. The fraction of sp³-hybridized carbons (Fsp3) is 0.667. The summed E-state index contributed by atoms with van der Waals surface area (Å²) in [5.74, 6) is -0.821. The molecule has 0 aliphatic carbocycles. The molecular formula is C9H19NO6S. The van der Waals surface area contributed by atoms with Crippen LogP contribution in [0.4, 0.5) is 0 Å². The molecule has 0 spiro atoms. The number of aliphatic carboxylic acids is 1. The van der Waals surface area contributed by atoms with Gasteiger partial charge in [0, 0.05) is 19.8 Å². The van der Waals surface area contributed by atoms with Gasteiger partial charge in [-0.3, -0.25) is 8.74 Å². The molecule has 0 aromatic rings. The zero-order valence-electron chi connectivity index (χ0n) is 10.6. The molecule has 0 unspecified atom stereocenters. The molecule has 0 heterocycles. The van der Waals surface area contributed by atoms with Crippen LogP contribution in [0.15, 0.2) is 11.3 Å². The molecule has 0 amide bonds. The van der Waals surface area contributed by atoms with E-state index in [0.717, 1.165) is 12.8 Å². The summed E-state index contributed by atoms with van der Waals surface area (Å²) in [7, 11) is 0.391. The molecule has 17 heavy (non-hydrogen) atoms. The van der Waals surface area contributed by atoms with Crippen LogP contribution in [-0.4, -0.2) is 50.2 Å². The smallest absolute Gasteiger partial charge is 0.397 e. The van der Waals surface area contributed by atoms with Gasteiger partial charge >= 0.3 is 16.4 Å². The molecule has 0 aromatic heterocycles. The van der Waals surface area contributed by atoms with Crippen LogP contribution in [0, 0.1) is 0 Å². The predicted octanol–water partition coefficient (Wildman–Crippen LogP) is 0.752. The van der Waals surface area contributed by atoms with E-state index in [4.69, 9.17) is 9.66 Å². The van der Waals surface area contributed by atoms with Gasteiger partial charge in [-0.1, -0.05) is 6.92 Å². The van der Waals surface area contributed by atoms with Crippen molar-refractivity contribution in [2.75, 3.05) is 21.2 Å². The van der Waals surface area contributed by atoms with E-state index in [1.54, 1.807) is 0 Å². The molecule has 0 rings (SSSR count). The highest BCUT2D eigenvalue weighted by molar-refractivity contribution is 7.80. The van der Waals surface area contributed by atoms with Crippen molar-refractivity contribution in [2.24, 2.45) is 0 Å². The van der Waals surface area contributed by atoms with Crippen molar-refractivity contribution in [3.05, 3.63) is 11.3 Å². The normalized spacial score (nSPS) is 12.1. The quantitative estimate of drug-likeness (QED) is 0.573. The molecule has 0 bridgehead atoms. The third-order valence-electron chi connectivity index (χ3n) is 1.93. The van der Waals surface area contributed by atoms with Crippen molar-refractivity contribution in [1.82, 2.24) is 4.90 Å². The summed E-state index contributed by atoms with van der Waals surface area (Å²) in [6, 6.07) is 0. The van der Waals surface area contributed by atoms with Crippen LogP contribution >= 0.6 is 0 Å². The van der Waals surface area contributed by atoms with Gasteiger partial charge in [-0.25, -0.2) is 4.79 Å². The fourth-order valence-corrected chi connectivity index (χ4v) is 0.832. The second kappa shape index (κ2) is 8.04. The minimum Gasteiger partial charge on any atom is -0.478 e. The van der Waals surface area contributed by atoms with E-state index in [9.17, 15) is 13.2 Å². The lowest BCUT2D eigenvalue weighted by Gasteiger charge is -2.15. The minimum absolute atomic E-state index is 0.481. The highest BCUT2D eigenvalue weighted by Crippen LogP contribution is 2.09. The summed E-state index contributed by atoms with van der Waals surface area (Å²) in [5.41, 5.74) is 1.30. The number of carbonyl (C=O) groups is 1. The van der Waals surface area contributed by atoms with E-state index in [-0.39, 0.29) is 0 Å². The molecule has 0 atom stereocenters.